The Morgan fingerprint density at radius 2 is 1.66 bits per heavy atom. The van der Waals surface area contributed by atoms with Gasteiger partial charge in [-0.1, -0.05) is 36.1 Å². The van der Waals surface area contributed by atoms with Crippen molar-refractivity contribution in [3.8, 4) is 11.8 Å². The van der Waals surface area contributed by atoms with Crippen LogP contribution in [0, 0.1) is 41.1 Å². The first-order valence-corrected chi connectivity index (χ1v) is 13.0. The van der Waals surface area contributed by atoms with E-state index in [0.29, 0.717) is 36.3 Å². The third kappa shape index (κ3) is 6.19. The quantitative estimate of drug-likeness (QED) is 0.300. The lowest BCUT2D eigenvalue weighted by Crippen LogP contribution is -2.33. The molecular weight excluding hydrogens is 445 g/mol. The van der Waals surface area contributed by atoms with E-state index in [0.717, 1.165) is 50.2 Å². The topological polar surface area (TPSA) is 9.23 Å². The van der Waals surface area contributed by atoms with Crippen LogP contribution >= 0.6 is 0 Å². The summed E-state index contributed by atoms with van der Waals surface area (Å²) in [5.41, 5.74) is 1.49. The van der Waals surface area contributed by atoms with E-state index >= 15 is 0 Å². The van der Waals surface area contributed by atoms with Gasteiger partial charge in [-0.2, -0.15) is 0 Å². The Bertz CT molecular complexity index is 1110. The van der Waals surface area contributed by atoms with Gasteiger partial charge in [-0.25, -0.2) is 13.2 Å². The van der Waals surface area contributed by atoms with Crippen molar-refractivity contribution in [1.29, 1.82) is 0 Å². The molecule has 0 saturated heterocycles. The molecule has 0 radical (unpaired) electrons. The van der Waals surface area contributed by atoms with Crippen molar-refractivity contribution in [3.63, 3.8) is 0 Å². The lowest BCUT2D eigenvalue weighted by Gasteiger charge is -2.42. The second-order valence-electron chi connectivity index (χ2n) is 9.92. The molecule has 2 aliphatic rings. The zero-order valence-electron chi connectivity index (χ0n) is 20.8. The zero-order valence-corrected chi connectivity index (χ0v) is 20.8. The van der Waals surface area contributed by atoms with Crippen LogP contribution in [-0.2, 0) is 11.2 Å². The monoisotopic (exact) mass is 480 g/mol. The van der Waals surface area contributed by atoms with E-state index in [4.69, 9.17) is 4.74 Å². The van der Waals surface area contributed by atoms with Crippen LogP contribution < -0.4 is 0 Å². The summed E-state index contributed by atoms with van der Waals surface area (Å²) in [6.07, 6.45) is 12.1. The number of halogens is 3. The number of allylic oxidation sites excluding steroid dienone is 2. The highest BCUT2D eigenvalue weighted by molar-refractivity contribution is 5.46. The van der Waals surface area contributed by atoms with Crippen molar-refractivity contribution >= 4 is 0 Å². The zero-order chi connectivity index (χ0) is 24.8. The fraction of sp³-hybridized carbons (Fsp3) is 0.484. The fourth-order valence-electron chi connectivity index (χ4n) is 5.84. The van der Waals surface area contributed by atoms with Crippen molar-refractivity contribution < 1.29 is 17.9 Å². The SMILES string of the molecule is C/C=C/CCc1ccc(C#Cc2ccc(C3CCC4CC(OCC)CCC4C3)cc2F)c(F)c1F. The molecule has 4 atom stereocenters. The minimum absolute atomic E-state index is 0.0539. The Morgan fingerprint density at radius 1 is 0.914 bits per heavy atom. The molecule has 0 bridgehead atoms. The van der Waals surface area contributed by atoms with Crippen molar-refractivity contribution in [1.82, 2.24) is 0 Å². The first kappa shape index (κ1) is 25.6. The van der Waals surface area contributed by atoms with E-state index in [1.807, 2.05) is 25.1 Å². The molecule has 35 heavy (non-hydrogen) atoms. The predicted octanol–water partition coefficient (Wildman–Crippen LogP) is 8.10. The summed E-state index contributed by atoms with van der Waals surface area (Å²) in [5, 5.41) is 0. The van der Waals surface area contributed by atoms with Gasteiger partial charge in [0.1, 0.15) is 5.82 Å². The van der Waals surface area contributed by atoms with E-state index < -0.39 is 17.5 Å². The number of rotatable bonds is 6. The van der Waals surface area contributed by atoms with E-state index in [2.05, 4.69) is 18.8 Å². The molecular formula is C31H35F3O. The van der Waals surface area contributed by atoms with Gasteiger partial charge in [-0.15, -0.1) is 0 Å². The molecule has 4 unspecified atom stereocenters. The summed E-state index contributed by atoms with van der Waals surface area (Å²) >= 11 is 0. The first-order chi connectivity index (χ1) is 17.0. The van der Waals surface area contributed by atoms with Crippen LogP contribution in [0.15, 0.2) is 42.5 Å². The van der Waals surface area contributed by atoms with Gasteiger partial charge >= 0.3 is 0 Å². The van der Waals surface area contributed by atoms with E-state index in [1.165, 1.54) is 12.5 Å². The molecule has 2 fully saturated rings. The number of benzene rings is 2. The van der Waals surface area contributed by atoms with Crippen LogP contribution in [0.5, 0.6) is 0 Å². The lowest BCUT2D eigenvalue weighted by atomic mass is 9.65. The summed E-state index contributed by atoms with van der Waals surface area (Å²) in [6.45, 7) is 4.73. The van der Waals surface area contributed by atoms with Gasteiger partial charge < -0.3 is 4.74 Å². The highest BCUT2D eigenvalue weighted by Gasteiger charge is 2.36. The van der Waals surface area contributed by atoms with E-state index in [9.17, 15) is 13.2 Å². The Balaban J connectivity index is 1.42. The maximum Gasteiger partial charge on any atom is 0.174 e. The summed E-state index contributed by atoms with van der Waals surface area (Å²) in [6, 6.07) is 8.24. The Morgan fingerprint density at radius 3 is 2.43 bits per heavy atom. The van der Waals surface area contributed by atoms with Crippen LogP contribution in [-0.4, -0.2) is 12.7 Å². The van der Waals surface area contributed by atoms with Gasteiger partial charge in [-0.05, 0) is 112 Å². The average molecular weight is 481 g/mol. The van der Waals surface area contributed by atoms with Crippen LogP contribution in [0.4, 0.5) is 13.2 Å². The number of hydrogen-bond acceptors (Lipinski definition) is 1. The minimum Gasteiger partial charge on any atom is -0.378 e. The van der Waals surface area contributed by atoms with Gasteiger partial charge in [0.05, 0.1) is 17.2 Å². The minimum atomic E-state index is -0.969. The van der Waals surface area contributed by atoms with Crippen LogP contribution in [0.2, 0.25) is 0 Å². The van der Waals surface area contributed by atoms with Crippen molar-refractivity contribution in [2.24, 2.45) is 11.8 Å². The van der Waals surface area contributed by atoms with Crippen molar-refractivity contribution in [2.45, 2.75) is 77.2 Å². The maximum atomic E-state index is 14.9. The van der Waals surface area contributed by atoms with Crippen LogP contribution in [0.25, 0.3) is 0 Å². The lowest BCUT2D eigenvalue weighted by molar-refractivity contribution is -0.00956. The van der Waals surface area contributed by atoms with Gasteiger partial charge in [0, 0.05) is 6.61 Å². The summed E-state index contributed by atoms with van der Waals surface area (Å²) < 4.78 is 49.6. The maximum absolute atomic E-state index is 14.9. The molecule has 2 aromatic carbocycles. The normalized spacial score (nSPS) is 24.1. The molecule has 0 amide bonds. The standard InChI is InChI=1S/C31H35F3O/c1-3-5-6-7-22-11-12-23(31(34)30(22)33)10-8-21-9-13-27(20-29(21)32)24-14-15-26-19-28(35-4-2)17-16-25(26)18-24/h3,5,9,11-13,20,24-26,28H,4,6-7,14-19H2,1-2H3/b5-3+. The van der Waals surface area contributed by atoms with Crippen molar-refractivity contribution in [2.75, 3.05) is 6.61 Å². The number of ether oxygens (including phenoxy) is 1. The number of fused-ring (bicyclic) bond motifs is 1. The molecule has 0 aromatic heterocycles. The number of aryl methyl sites for hydroxylation is 1. The Labute approximate surface area is 207 Å². The highest BCUT2D eigenvalue weighted by atomic mass is 19.2. The van der Waals surface area contributed by atoms with E-state index in [-0.39, 0.29) is 11.1 Å². The van der Waals surface area contributed by atoms with Gasteiger partial charge in [0.25, 0.3) is 0 Å². The second kappa shape index (κ2) is 12.0. The summed E-state index contributed by atoms with van der Waals surface area (Å²) in [7, 11) is 0. The van der Waals surface area contributed by atoms with Gasteiger partial charge in [-0.3, -0.25) is 0 Å². The van der Waals surface area contributed by atoms with Crippen LogP contribution in [0.1, 0.15) is 87.0 Å². The molecule has 2 aliphatic carbocycles. The smallest absolute Gasteiger partial charge is 0.174 e. The van der Waals surface area contributed by atoms with Crippen molar-refractivity contribution in [3.05, 3.63) is 82.2 Å². The Hall–Kier alpha value is -2.51. The van der Waals surface area contributed by atoms with E-state index in [1.54, 1.807) is 18.2 Å². The third-order valence-electron chi connectivity index (χ3n) is 7.74. The molecule has 2 saturated carbocycles. The molecule has 0 N–H and O–H groups in total. The summed E-state index contributed by atoms with van der Waals surface area (Å²) in [5.74, 6) is 4.85. The molecule has 2 aromatic rings. The highest BCUT2D eigenvalue weighted by Crippen LogP contribution is 2.46. The first-order valence-electron chi connectivity index (χ1n) is 13.0. The average Bonchev–Trinajstić information content (AvgIpc) is 2.86. The molecule has 4 heteroatoms. The molecule has 0 aliphatic heterocycles. The van der Waals surface area contributed by atoms with Gasteiger partial charge in [0.2, 0.25) is 0 Å². The summed E-state index contributed by atoms with van der Waals surface area (Å²) in [4.78, 5) is 0. The molecule has 4 rings (SSSR count). The van der Waals surface area contributed by atoms with Crippen LogP contribution in [0.3, 0.4) is 0 Å². The largest absolute Gasteiger partial charge is 0.378 e. The molecule has 1 nitrogen and oxygen atoms in total. The molecule has 0 heterocycles. The Kier molecular flexibility index (Phi) is 8.74. The predicted molar refractivity (Wildman–Crippen MR) is 135 cm³/mol. The molecule has 186 valence electrons. The second-order valence-corrected chi connectivity index (χ2v) is 9.92. The molecule has 0 spiro atoms. The van der Waals surface area contributed by atoms with Gasteiger partial charge in [0.15, 0.2) is 11.6 Å². The fourth-order valence-corrected chi connectivity index (χ4v) is 5.84. The third-order valence-corrected chi connectivity index (χ3v) is 7.74. The number of hydrogen-bond donors (Lipinski definition) is 0.